The second-order valence-corrected chi connectivity index (χ2v) is 7.10. The van der Waals surface area contributed by atoms with Gasteiger partial charge in [-0.05, 0) is 37.5 Å². The molecular formula is C22H27N5O. The summed E-state index contributed by atoms with van der Waals surface area (Å²) in [6.07, 6.45) is 7.53. The van der Waals surface area contributed by atoms with Gasteiger partial charge in [0.25, 0.3) is 5.91 Å². The van der Waals surface area contributed by atoms with Gasteiger partial charge in [-0.25, -0.2) is 9.97 Å². The minimum atomic E-state index is 0.00868. The van der Waals surface area contributed by atoms with E-state index in [1.54, 1.807) is 0 Å². The third-order valence-electron chi connectivity index (χ3n) is 4.78. The van der Waals surface area contributed by atoms with Crippen molar-refractivity contribution in [1.82, 2.24) is 24.6 Å². The van der Waals surface area contributed by atoms with Crippen molar-refractivity contribution >= 4 is 5.91 Å². The lowest BCUT2D eigenvalue weighted by molar-refractivity contribution is 0.0752. The van der Waals surface area contributed by atoms with E-state index in [9.17, 15) is 4.79 Å². The molecule has 0 aliphatic carbocycles. The van der Waals surface area contributed by atoms with Crippen LogP contribution in [-0.2, 0) is 13.1 Å². The summed E-state index contributed by atoms with van der Waals surface area (Å²) >= 11 is 0. The molecule has 3 rings (SSSR count). The number of carbonyl (C=O) groups is 1. The number of benzene rings is 1. The first-order chi connectivity index (χ1) is 13.5. The molecule has 0 bridgehead atoms. The van der Waals surface area contributed by atoms with Crippen molar-refractivity contribution in [2.75, 3.05) is 6.54 Å². The minimum absolute atomic E-state index is 0.00868. The molecule has 0 spiro atoms. The van der Waals surface area contributed by atoms with Crippen molar-refractivity contribution in [3.05, 3.63) is 65.7 Å². The highest BCUT2D eigenvalue weighted by Gasteiger charge is 2.16. The minimum Gasteiger partial charge on any atom is -0.334 e. The molecule has 0 fully saturated rings. The molecule has 2 aromatic heterocycles. The van der Waals surface area contributed by atoms with Crippen molar-refractivity contribution in [1.29, 1.82) is 0 Å². The van der Waals surface area contributed by atoms with E-state index in [4.69, 9.17) is 0 Å². The molecule has 1 aromatic carbocycles. The lowest BCUT2D eigenvalue weighted by Gasteiger charge is -2.20. The fourth-order valence-electron chi connectivity index (χ4n) is 2.94. The number of rotatable bonds is 7. The number of aryl methyl sites for hydroxylation is 1. The Morgan fingerprint density at radius 2 is 1.75 bits per heavy atom. The maximum absolute atomic E-state index is 12.9. The van der Waals surface area contributed by atoms with Crippen LogP contribution in [0.3, 0.4) is 0 Å². The van der Waals surface area contributed by atoms with Crippen LogP contribution >= 0.6 is 0 Å². The van der Waals surface area contributed by atoms with Crippen LogP contribution in [0.4, 0.5) is 0 Å². The molecule has 0 saturated heterocycles. The number of amides is 1. The van der Waals surface area contributed by atoms with Gasteiger partial charge in [-0.3, -0.25) is 9.48 Å². The van der Waals surface area contributed by atoms with Crippen LogP contribution in [0.5, 0.6) is 0 Å². The van der Waals surface area contributed by atoms with E-state index in [2.05, 4.69) is 28.9 Å². The molecule has 0 aliphatic heterocycles. The van der Waals surface area contributed by atoms with Crippen molar-refractivity contribution in [3.8, 4) is 11.4 Å². The molecule has 146 valence electrons. The third kappa shape index (κ3) is 4.44. The van der Waals surface area contributed by atoms with Gasteiger partial charge in [-0.15, -0.1) is 0 Å². The lowest BCUT2D eigenvalue weighted by Crippen LogP contribution is -2.30. The molecule has 6 heteroatoms. The highest BCUT2D eigenvalue weighted by molar-refractivity contribution is 5.94. The second kappa shape index (κ2) is 8.78. The molecule has 28 heavy (non-hydrogen) atoms. The standard InChI is InChI=1S/C22H27N5O/c1-5-26(14-17-11-25-27(6-2)15-17)22(28)19-9-7-18(8-10-19)21-23-12-20(13-24-21)16(3)4/h7-13,15-16H,5-6,14H2,1-4H3. The summed E-state index contributed by atoms with van der Waals surface area (Å²) < 4.78 is 1.87. The van der Waals surface area contributed by atoms with Crippen molar-refractivity contribution in [2.24, 2.45) is 0 Å². The van der Waals surface area contributed by atoms with Gasteiger partial charge >= 0.3 is 0 Å². The molecule has 0 saturated carbocycles. The normalized spacial score (nSPS) is 11.0. The summed E-state index contributed by atoms with van der Waals surface area (Å²) in [5.41, 5.74) is 3.71. The fraction of sp³-hybridized carbons (Fsp3) is 0.364. The van der Waals surface area contributed by atoms with Crippen LogP contribution in [0.15, 0.2) is 49.1 Å². The van der Waals surface area contributed by atoms with Gasteiger partial charge in [0, 0.05) is 54.9 Å². The number of carbonyl (C=O) groups excluding carboxylic acids is 1. The number of hydrogen-bond donors (Lipinski definition) is 0. The smallest absolute Gasteiger partial charge is 0.254 e. The van der Waals surface area contributed by atoms with Crippen LogP contribution in [0, 0.1) is 0 Å². The number of nitrogens with zero attached hydrogens (tertiary/aromatic N) is 5. The van der Waals surface area contributed by atoms with Gasteiger partial charge in [0.1, 0.15) is 0 Å². The molecule has 3 aromatic rings. The van der Waals surface area contributed by atoms with Crippen molar-refractivity contribution in [2.45, 2.75) is 46.7 Å². The Morgan fingerprint density at radius 3 is 2.29 bits per heavy atom. The van der Waals surface area contributed by atoms with E-state index < -0.39 is 0 Å². The predicted octanol–water partition coefficient (Wildman–Crippen LogP) is 4.15. The van der Waals surface area contributed by atoms with Crippen LogP contribution in [0.1, 0.15) is 55.1 Å². The highest BCUT2D eigenvalue weighted by atomic mass is 16.2. The Labute approximate surface area is 166 Å². The molecule has 1 amide bonds. The summed E-state index contributed by atoms with van der Waals surface area (Å²) in [4.78, 5) is 23.6. The first kappa shape index (κ1) is 19.7. The molecule has 0 atom stereocenters. The van der Waals surface area contributed by atoms with E-state index in [0.29, 0.717) is 30.4 Å². The quantitative estimate of drug-likeness (QED) is 0.621. The molecule has 0 aliphatic rings. The first-order valence-corrected chi connectivity index (χ1v) is 9.74. The summed E-state index contributed by atoms with van der Waals surface area (Å²) in [6, 6.07) is 7.49. The average Bonchev–Trinajstić information content (AvgIpc) is 3.19. The lowest BCUT2D eigenvalue weighted by atomic mass is 10.1. The first-order valence-electron chi connectivity index (χ1n) is 9.74. The summed E-state index contributed by atoms with van der Waals surface area (Å²) in [6.45, 7) is 10.3. The molecular weight excluding hydrogens is 350 g/mol. The van der Waals surface area contributed by atoms with Crippen LogP contribution in [0.2, 0.25) is 0 Å². The van der Waals surface area contributed by atoms with Crippen molar-refractivity contribution < 1.29 is 4.79 Å². The highest BCUT2D eigenvalue weighted by Crippen LogP contribution is 2.19. The van der Waals surface area contributed by atoms with Gasteiger partial charge < -0.3 is 4.90 Å². The monoisotopic (exact) mass is 377 g/mol. The molecule has 0 N–H and O–H groups in total. The van der Waals surface area contributed by atoms with Gasteiger partial charge in [0.05, 0.1) is 6.20 Å². The van der Waals surface area contributed by atoms with Crippen LogP contribution in [0.25, 0.3) is 11.4 Å². The third-order valence-corrected chi connectivity index (χ3v) is 4.78. The fourth-order valence-corrected chi connectivity index (χ4v) is 2.94. The maximum Gasteiger partial charge on any atom is 0.254 e. The maximum atomic E-state index is 12.9. The van der Waals surface area contributed by atoms with Gasteiger partial charge in [0.15, 0.2) is 5.82 Å². The summed E-state index contributed by atoms with van der Waals surface area (Å²) in [5.74, 6) is 1.08. The molecule has 2 heterocycles. The zero-order valence-corrected chi connectivity index (χ0v) is 17.0. The van der Waals surface area contributed by atoms with Gasteiger partial charge in [0.2, 0.25) is 0 Å². The van der Waals surface area contributed by atoms with E-state index >= 15 is 0 Å². The number of aromatic nitrogens is 4. The molecule has 0 unspecified atom stereocenters. The summed E-state index contributed by atoms with van der Waals surface area (Å²) in [5, 5.41) is 4.28. The van der Waals surface area contributed by atoms with Crippen LogP contribution < -0.4 is 0 Å². The largest absolute Gasteiger partial charge is 0.334 e. The molecule has 0 radical (unpaired) electrons. The van der Waals surface area contributed by atoms with Gasteiger partial charge in [-0.2, -0.15) is 5.10 Å². The zero-order chi connectivity index (χ0) is 20.1. The van der Waals surface area contributed by atoms with E-state index in [1.807, 2.05) is 72.5 Å². The second-order valence-electron chi connectivity index (χ2n) is 7.10. The topological polar surface area (TPSA) is 63.9 Å². The Balaban J connectivity index is 1.72. The SMILES string of the molecule is CCN(Cc1cnn(CC)c1)C(=O)c1ccc(-c2ncc(C(C)C)cn2)cc1. The Morgan fingerprint density at radius 1 is 1.07 bits per heavy atom. The van der Waals surface area contributed by atoms with Crippen molar-refractivity contribution in [3.63, 3.8) is 0 Å². The number of hydrogen-bond acceptors (Lipinski definition) is 4. The van der Waals surface area contributed by atoms with Gasteiger partial charge in [-0.1, -0.05) is 26.0 Å². The predicted molar refractivity (Wildman–Crippen MR) is 110 cm³/mol. The van der Waals surface area contributed by atoms with Crippen LogP contribution in [-0.4, -0.2) is 37.1 Å². The average molecular weight is 377 g/mol. The Bertz CT molecular complexity index is 913. The Kier molecular flexibility index (Phi) is 6.19. The van der Waals surface area contributed by atoms with E-state index in [1.165, 1.54) is 0 Å². The van der Waals surface area contributed by atoms with E-state index in [-0.39, 0.29) is 5.91 Å². The van der Waals surface area contributed by atoms with E-state index in [0.717, 1.165) is 23.2 Å². The Hall–Kier alpha value is -3.02. The summed E-state index contributed by atoms with van der Waals surface area (Å²) in [7, 11) is 0. The molecule has 6 nitrogen and oxygen atoms in total. The zero-order valence-electron chi connectivity index (χ0n) is 17.0.